The monoisotopic (exact) mass is 512 g/mol. The van der Waals surface area contributed by atoms with E-state index in [9.17, 15) is 9.00 Å². The largest absolute Gasteiger partial charge is 0.447 e. The topological polar surface area (TPSA) is 87.9 Å². The first kappa shape index (κ1) is 25.0. The molecular weight excluding hydrogens is 484 g/mol. The van der Waals surface area contributed by atoms with Gasteiger partial charge in [0.2, 0.25) is 0 Å². The fourth-order valence-corrected chi connectivity index (χ4v) is 5.61. The van der Waals surface area contributed by atoms with Gasteiger partial charge < -0.3 is 15.8 Å². The van der Waals surface area contributed by atoms with Gasteiger partial charge in [0.05, 0.1) is 29.8 Å². The molecule has 3 aromatic carbocycles. The molecular formula is C26H29ClN4O3S. The number of carbonyl (C=O) groups excluding carboxylic acids is 1. The summed E-state index contributed by atoms with van der Waals surface area (Å²) in [5.74, 6) is 0. The van der Waals surface area contributed by atoms with E-state index in [0.29, 0.717) is 35.2 Å². The number of hydrogen-bond acceptors (Lipinski definition) is 5. The molecule has 7 nitrogen and oxygen atoms in total. The van der Waals surface area contributed by atoms with Crippen LogP contribution in [0.1, 0.15) is 17.5 Å². The second-order valence-electron chi connectivity index (χ2n) is 8.38. The zero-order valence-electron chi connectivity index (χ0n) is 19.5. The number of amides is 1. The van der Waals surface area contributed by atoms with Gasteiger partial charge in [-0.05, 0) is 73.5 Å². The number of nitrogens with two attached hydrogens (primary N) is 1. The molecule has 2 unspecified atom stereocenters. The number of anilines is 2. The summed E-state index contributed by atoms with van der Waals surface area (Å²) in [5.41, 5.74) is 9.40. The lowest BCUT2D eigenvalue weighted by Crippen LogP contribution is -2.45. The van der Waals surface area contributed by atoms with E-state index in [2.05, 4.69) is 5.32 Å². The van der Waals surface area contributed by atoms with Crippen LogP contribution >= 0.6 is 11.6 Å². The Morgan fingerprint density at radius 1 is 1.14 bits per heavy atom. The normalized spacial score (nSPS) is 15.8. The Hall–Kier alpha value is -3.07. The minimum absolute atomic E-state index is 0.119. The summed E-state index contributed by atoms with van der Waals surface area (Å²) in [4.78, 5) is 15.2. The molecule has 3 N–H and O–H groups in total. The van der Waals surface area contributed by atoms with Gasteiger partial charge in [-0.1, -0.05) is 41.9 Å². The number of benzene rings is 3. The number of carbonyl (C=O) groups is 1. The minimum atomic E-state index is -1.49. The van der Waals surface area contributed by atoms with E-state index >= 15 is 0 Å². The van der Waals surface area contributed by atoms with E-state index in [1.165, 1.54) is 0 Å². The molecule has 0 aromatic heterocycles. The predicted molar refractivity (Wildman–Crippen MR) is 141 cm³/mol. The molecule has 1 amide bonds. The molecule has 0 bridgehead atoms. The van der Waals surface area contributed by atoms with Crippen LogP contribution in [0.5, 0.6) is 0 Å². The summed E-state index contributed by atoms with van der Waals surface area (Å²) in [6.07, 6.45) is 1.10. The number of halogens is 1. The maximum atomic E-state index is 13.7. The van der Waals surface area contributed by atoms with Crippen LogP contribution in [-0.4, -0.2) is 41.6 Å². The van der Waals surface area contributed by atoms with Crippen molar-refractivity contribution in [3.05, 3.63) is 88.9 Å². The molecule has 3 aromatic rings. The van der Waals surface area contributed by atoms with Crippen molar-refractivity contribution >= 4 is 40.1 Å². The van der Waals surface area contributed by atoms with E-state index in [1.54, 1.807) is 36.2 Å². The molecule has 1 heterocycles. The summed E-state index contributed by atoms with van der Waals surface area (Å²) in [6, 6.07) is 22.1. The molecule has 9 heteroatoms. The van der Waals surface area contributed by atoms with E-state index in [1.807, 2.05) is 52.8 Å². The van der Waals surface area contributed by atoms with Crippen LogP contribution < -0.4 is 15.4 Å². The molecule has 2 atom stereocenters. The summed E-state index contributed by atoms with van der Waals surface area (Å²) in [7, 11) is 0.290. The number of aryl methyl sites for hydroxylation is 1. The van der Waals surface area contributed by atoms with Crippen molar-refractivity contribution < 1.29 is 13.7 Å². The molecule has 1 aliphatic heterocycles. The molecule has 184 valence electrons. The van der Waals surface area contributed by atoms with Gasteiger partial charge >= 0.3 is 6.09 Å². The van der Waals surface area contributed by atoms with Crippen molar-refractivity contribution in [2.75, 3.05) is 30.4 Å². The molecule has 0 spiro atoms. The van der Waals surface area contributed by atoms with Crippen LogP contribution in [0.15, 0.2) is 77.7 Å². The number of nitrogens with one attached hydrogen (secondary N) is 1. The van der Waals surface area contributed by atoms with Crippen molar-refractivity contribution in [2.45, 2.75) is 30.3 Å². The highest BCUT2D eigenvalue weighted by molar-refractivity contribution is 7.86. The number of nitrogen functional groups attached to an aromatic ring is 1. The van der Waals surface area contributed by atoms with Gasteiger partial charge in [-0.15, -0.1) is 0 Å². The summed E-state index contributed by atoms with van der Waals surface area (Å²) in [6.45, 7) is 0.833. The summed E-state index contributed by atoms with van der Waals surface area (Å²) < 4.78 is 21.3. The van der Waals surface area contributed by atoms with Crippen molar-refractivity contribution in [1.29, 1.82) is 0 Å². The highest BCUT2D eigenvalue weighted by Crippen LogP contribution is 2.34. The Bertz CT molecular complexity index is 1170. The van der Waals surface area contributed by atoms with Crippen molar-refractivity contribution in [3.63, 3.8) is 0 Å². The SMILES string of the molecule is CNCN(Cc1ccc(N)cc1)C(=O)OCC1CCc2ccccc2N1S(=O)c1ccc(Cl)cc1. The fourth-order valence-electron chi connectivity index (χ4n) is 4.09. The van der Waals surface area contributed by atoms with Gasteiger partial charge in [-0.25, -0.2) is 9.00 Å². The average Bonchev–Trinajstić information content (AvgIpc) is 2.88. The summed E-state index contributed by atoms with van der Waals surface area (Å²) in [5, 5.41) is 3.60. The minimum Gasteiger partial charge on any atom is -0.447 e. The molecule has 0 saturated carbocycles. The number of rotatable bonds is 8. The van der Waals surface area contributed by atoms with Gasteiger partial charge in [0.25, 0.3) is 0 Å². The van der Waals surface area contributed by atoms with E-state index < -0.39 is 17.1 Å². The van der Waals surface area contributed by atoms with Crippen LogP contribution in [-0.2, 0) is 28.7 Å². The van der Waals surface area contributed by atoms with Crippen LogP contribution in [0.3, 0.4) is 0 Å². The number of nitrogens with zero attached hydrogens (tertiary/aromatic N) is 2. The molecule has 0 aliphatic carbocycles. The number of ether oxygens (including phenoxy) is 1. The van der Waals surface area contributed by atoms with E-state index in [-0.39, 0.29) is 12.6 Å². The quantitative estimate of drug-likeness (QED) is 0.340. The first-order valence-electron chi connectivity index (χ1n) is 11.4. The highest BCUT2D eigenvalue weighted by Gasteiger charge is 2.32. The van der Waals surface area contributed by atoms with Crippen LogP contribution in [0, 0.1) is 0 Å². The predicted octanol–water partition coefficient (Wildman–Crippen LogP) is 4.58. The Kier molecular flexibility index (Phi) is 8.28. The zero-order valence-corrected chi connectivity index (χ0v) is 21.1. The molecule has 0 radical (unpaired) electrons. The molecule has 0 fully saturated rings. The van der Waals surface area contributed by atoms with Gasteiger partial charge in [-0.2, -0.15) is 0 Å². The third-order valence-corrected chi connectivity index (χ3v) is 7.64. The molecule has 0 saturated heterocycles. The third-order valence-electron chi connectivity index (χ3n) is 5.86. The van der Waals surface area contributed by atoms with Crippen LogP contribution in [0.25, 0.3) is 0 Å². The van der Waals surface area contributed by atoms with Gasteiger partial charge in [-0.3, -0.25) is 9.21 Å². The lowest BCUT2D eigenvalue weighted by molar-refractivity contribution is 0.0916. The molecule has 1 aliphatic rings. The van der Waals surface area contributed by atoms with Crippen molar-refractivity contribution in [2.24, 2.45) is 0 Å². The highest BCUT2D eigenvalue weighted by atomic mass is 35.5. The number of fused-ring (bicyclic) bond motifs is 1. The maximum Gasteiger partial charge on any atom is 0.411 e. The van der Waals surface area contributed by atoms with Gasteiger partial charge in [0.15, 0.2) is 11.0 Å². The second-order valence-corrected chi connectivity index (χ2v) is 10.2. The Balaban J connectivity index is 1.50. The van der Waals surface area contributed by atoms with Gasteiger partial charge in [0, 0.05) is 10.7 Å². The fraction of sp³-hybridized carbons (Fsp3) is 0.269. The van der Waals surface area contributed by atoms with Crippen molar-refractivity contribution in [1.82, 2.24) is 10.2 Å². The Morgan fingerprint density at radius 2 is 1.86 bits per heavy atom. The number of hydrogen-bond donors (Lipinski definition) is 2. The van der Waals surface area contributed by atoms with Crippen LogP contribution in [0.2, 0.25) is 5.02 Å². The average molecular weight is 513 g/mol. The standard InChI is InChI=1S/C26H29ClN4O3S/c1-29-18-30(16-19-6-11-22(28)12-7-19)26(32)34-17-23-13-8-20-4-2-3-5-25(20)31(23)35(33)24-14-9-21(27)10-15-24/h2-7,9-12,14-15,23,29H,8,13,16-18,28H2,1H3. The molecule has 4 rings (SSSR count). The number of para-hydroxylation sites is 1. The first-order valence-corrected chi connectivity index (χ1v) is 12.9. The Morgan fingerprint density at radius 3 is 2.57 bits per heavy atom. The maximum absolute atomic E-state index is 13.7. The smallest absolute Gasteiger partial charge is 0.411 e. The van der Waals surface area contributed by atoms with E-state index in [4.69, 9.17) is 22.1 Å². The lowest BCUT2D eigenvalue weighted by Gasteiger charge is -2.37. The van der Waals surface area contributed by atoms with Crippen LogP contribution in [0.4, 0.5) is 16.2 Å². The Labute approximate surface area is 213 Å². The molecule has 35 heavy (non-hydrogen) atoms. The first-order chi connectivity index (χ1) is 17.0. The summed E-state index contributed by atoms with van der Waals surface area (Å²) >= 11 is 6.03. The second kappa shape index (κ2) is 11.6. The third kappa shape index (κ3) is 6.14. The van der Waals surface area contributed by atoms with E-state index in [0.717, 1.165) is 23.2 Å². The van der Waals surface area contributed by atoms with Crippen molar-refractivity contribution in [3.8, 4) is 0 Å². The zero-order chi connectivity index (χ0) is 24.8. The lowest BCUT2D eigenvalue weighted by atomic mass is 9.98. The van der Waals surface area contributed by atoms with Gasteiger partial charge in [0.1, 0.15) is 6.61 Å².